The number of rotatable bonds is 3. The van der Waals surface area contributed by atoms with Crippen LogP contribution in [-0.4, -0.2) is 47.5 Å². The molecule has 0 bridgehead atoms. The van der Waals surface area contributed by atoms with Crippen molar-refractivity contribution in [2.45, 2.75) is 38.8 Å². The van der Waals surface area contributed by atoms with E-state index in [1.54, 1.807) is 20.8 Å². The number of nitrogens with zero attached hydrogens (tertiary/aromatic N) is 1. The van der Waals surface area contributed by atoms with Gasteiger partial charge in [0.05, 0.1) is 0 Å². The lowest BCUT2D eigenvalue weighted by atomic mass is 10.1. The maximum Gasteiger partial charge on any atom is 0.408 e. The van der Waals surface area contributed by atoms with Crippen LogP contribution < -0.4 is 11.1 Å². The highest BCUT2D eigenvalue weighted by atomic mass is 16.6. The van der Waals surface area contributed by atoms with Crippen molar-refractivity contribution in [2.75, 3.05) is 13.1 Å². The minimum absolute atomic E-state index is 0.201. The third-order valence-electron chi connectivity index (χ3n) is 2.97. The Balaban J connectivity index is 2.57. The van der Waals surface area contributed by atoms with Crippen LogP contribution in [0, 0.1) is 18.3 Å². The topological polar surface area (TPSA) is 102 Å². The summed E-state index contributed by atoms with van der Waals surface area (Å²) >= 11 is 0. The molecule has 1 fully saturated rings. The Hall–Kier alpha value is -2.23. The van der Waals surface area contributed by atoms with E-state index in [-0.39, 0.29) is 19.0 Å². The fourth-order valence-electron chi connectivity index (χ4n) is 2.07. The van der Waals surface area contributed by atoms with Crippen molar-refractivity contribution in [3.8, 4) is 12.3 Å². The van der Waals surface area contributed by atoms with Crippen molar-refractivity contribution in [2.24, 2.45) is 11.7 Å². The number of hydrogen-bond donors (Lipinski definition) is 2. The van der Waals surface area contributed by atoms with Gasteiger partial charge < -0.3 is 20.7 Å². The summed E-state index contributed by atoms with van der Waals surface area (Å²) in [6.45, 7) is 5.15. The van der Waals surface area contributed by atoms with Crippen LogP contribution in [0.25, 0.3) is 0 Å². The second kappa shape index (κ2) is 6.48. The Morgan fingerprint density at radius 1 is 1.43 bits per heavy atom. The van der Waals surface area contributed by atoms with E-state index in [2.05, 4.69) is 11.2 Å². The average molecular weight is 295 g/mol. The highest BCUT2D eigenvalue weighted by Gasteiger charge is 2.37. The van der Waals surface area contributed by atoms with Crippen molar-refractivity contribution >= 4 is 17.9 Å². The van der Waals surface area contributed by atoms with Crippen LogP contribution in [0.1, 0.15) is 27.2 Å². The zero-order chi connectivity index (χ0) is 16.2. The number of primary amides is 1. The normalized spacial score (nSPS) is 21.5. The number of carbonyl (C=O) groups is 3. The van der Waals surface area contributed by atoms with Crippen LogP contribution in [0.15, 0.2) is 0 Å². The van der Waals surface area contributed by atoms with Gasteiger partial charge in [-0.15, -0.1) is 12.3 Å². The Kier molecular flexibility index (Phi) is 5.19. The van der Waals surface area contributed by atoms with Gasteiger partial charge in [-0.2, -0.15) is 0 Å². The molecule has 0 radical (unpaired) electrons. The summed E-state index contributed by atoms with van der Waals surface area (Å²) in [6, 6.07) is -0.723. The summed E-state index contributed by atoms with van der Waals surface area (Å²) in [7, 11) is 0. The quantitative estimate of drug-likeness (QED) is 0.707. The number of carbonyl (C=O) groups excluding carboxylic acids is 3. The molecule has 1 saturated heterocycles. The maximum absolute atomic E-state index is 12.1. The smallest absolute Gasteiger partial charge is 0.408 e. The molecule has 1 unspecified atom stereocenters. The molecule has 3 amide bonds. The summed E-state index contributed by atoms with van der Waals surface area (Å²) in [4.78, 5) is 36.2. The molecule has 3 N–H and O–H groups in total. The molecule has 1 aliphatic rings. The Bertz CT molecular complexity index is 476. The first-order valence-electron chi connectivity index (χ1n) is 6.66. The van der Waals surface area contributed by atoms with E-state index in [0.29, 0.717) is 6.42 Å². The molecule has 0 aromatic heterocycles. The second-order valence-electron chi connectivity index (χ2n) is 5.92. The predicted octanol–water partition coefficient (Wildman–Crippen LogP) is -0.153. The van der Waals surface area contributed by atoms with E-state index in [0.717, 1.165) is 0 Å². The summed E-state index contributed by atoms with van der Waals surface area (Å²) in [5, 5.41) is 2.35. The standard InChI is InChI=1S/C14H21N3O4/c1-5-9-6-10(12(15)19)17(8-9)11(18)7-16-13(20)21-14(2,3)4/h1,9-10H,6-8H2,2-4H3,(H2,15,19)(H,16,20)/t9?,10-/m0/s1. The zero-order valence-corrected chi connectivity index (χ0v) is 12.5. The number of alkyl carbamates (subject to hydrolysis) is 1. The summed E-state index contributed by atoms with van der Waals surface area (Å²) in [5.41, 5.74) is 4.62. The molecule has 0 aromatic carbocycles. The van der Waals surface area contributed by atoms with Gasteiger partial charge in [-0.05, 0) is 27.2 Å². The molecule has 1 aliphatic heterocycles. The van der Waals surface area contributed by atoms with E-state index in [9.17, 15) is 14.4 Å². The van der Waals surface area contributed by atoms with Gasteiger partial charge >= 0.3 is 6.09 Å². The van der Waals surface area contributed by atoms with Gasteiger partial charge in [-0.25, -0.2) is 4.79 Å². The minimum Gasteiger partial charge on any atom is -0.444 e. The summed E-state index contributed by atoms with van der Waals surface area (Å²) < 4.78 is 5.02. The van der Waals surface area contributed by atoms with Gasteiger partial charge in [0.25, 0.3) is 0 Å². The number of likely N-dealkylation sites (tertiary alicyclic amines) is 1. The van der Waals surface area contributed by atoms with Gasteiger partial charge in [0.15, 0.2) is 0 Å². The van der Waals surface area contributed by atoms with Crippen LogP contribution in [0.2, 0.25) is 0 Å². The van der Waals surface area contributed by atoms with E-state index < -0.39 is 29.6 Å². The van der Waals surface area contributed by atoms with E-state index in [4.69, 9.17) is 16.9 Å². The Labute approximate surface area is 124 Å². The fraction of sp³-hybridized carbons (Fsp3) is 0.643. The maximum atomic E-state index is 12.1. The lowest BCUT2D eigenvalue weighted by molar-refractivity contribution is -0.136. The zero-order valence-electron chi connectivity index (χ0n) is 12.5. The first-order chi connectivity index (χ1) is 9.64. The molecular formula is C14H21N3O4. The molecule has 21 heavy (non-hydrogen) atoms. The summed E-state index contributed by atoms with van der Waals surface area (Å²) in [6.07, 6.45) is 4.98. The highest BCUT2D eigenvalue weighted by molar-refractivity contribution is 5.89. The van der Waals surface area contributed by atoms with E-state index in [1.165, 1.54) is 4.90 Å². The SMILES string of the molecule is C#CC1C[C@@H](C(N)=O)N(C(=O)CNC(=O)OC(C)(C)C)C1. The fourth-order valence-corrected chi connectivity index (χ4v) is 2.07. The average Bonchev–Trinajstić information content (AvgIpc) is 2.78. The van der Waals surface area contributed by atoms with Gasteiger partial charge in [-0.1, -0.05) is 0 Å². The highest BCUT2D eigenvalue weighted by Crippen LogP contribution is 2.22. The molecule has 7 nitrogen and oxygen atoms in total. The molecule has 2 atom stereocenters. The Morgan fingerprint density at radius 3 is 2.52 bits per heavy atom. The van der Waals surface area contributed by atoms with Crippen LogP contribution in [0.4, 0.5) is 4.79 Å². The van der Waals surface area contributed by atoms with Gasteiger partial charge in [-0.3, -0.25) is 9.59 Å². The molecule has 0 saturated carbocycles. The largest absolute Gasteiger partial charge is 0.444 e. The van der Waals surface area contributed by atoms with Gasteiger partial charge in [0.1, 0.15) is 18.2 Å². The van der Waals surface area contributed by atoms with Gasteiger partial charge in [0, 0.05) is 12.5 Å². The van der Waals surface area contributed by atoms with Crippen LogP contribution >= 0.6 is 0 Å². The second-order valence-corrected chi connectivity index (χ2v) is 5.92. The van der Waals surface area contributed by atoms with Crippen molar-refractivity contribution in [3.63, 3.8) is 0 Å². The number of terminal acetylenes is 1. The number of ether oxygens (including phenoxy) is 1. The molecule has 0 spiro atoms. The lowest BCUT2D eigenvalue weighted by Gasteiger charge is -2.23. The number of nitrogens with two attached hydrogens (primary N) is 1. The predicted molar refractivity (Wildman–Crippen MR) is 75.9 cm³/mol. The number of amides is 3. The van der Waals surface area contributed by atoms with Crippen LogP contribution in [0.5, 0.6) is 0 Å². The molecule has 1 heterocycles. The minimum atomic E-state index is -0.723. The van der Waals surface area contributed by atoms with Crippen molar-refractivity contribution in [1.82, 2.24) is 10.2 Å². The molecule has 0 aromatic rings. The van der Waals surface area contributed by atoms with Crippen LogP contribution in [0.3, 0.4) is 0 Å². The van der Waals surface area contributed by atoms with E-state index >= 15 is 0 Å². The first-order valence-corrected chi connectivity index (χ1v) is 6.66. The molecule has 7 heteroatoms. The van der Waals surface area contributed by atoms with Crippen molar-refractivity contribution < 1.29 is 19.1 Å². The Morgan fingerprint density at radius 2 is 2.05 bits per heavy atom. The molecular weight excluding hydrogens is 274 g/mol. The monoisotopic (exact) mass is 295 g/mol. The number of hydrogen-bond acceptors (Lipinski definition) is 4. The van der Waals surface area contributed by atoms with Crippen molar-refractivity contribution in [1.29, 1.82) is 0 Å². The number of nitrogens with one attached hydrogen (secondary N) is 1. The van der Waals surface area contributed by atoms with E-state index in [1.807, 2.05) is 0 Å². The third kappa shape index (κ3) is 4.99. The third-order valence-corrected chi connectivity index (χ3v) is 2.97. The molecule has 0 aliphatic carbocycles. The van der Waals surface area contributed by atoms with Gasteiger partial charge in [0.2, 0.25) is 11.8 Å². The van der Waals surface area contributed by atoms with Crippen molar-refractivity contribution in [3.05, 3.63) is 0 Å². The molecule has 1 rings (SSSR count). The van der Waals surface area contributed by atoms with Crippen LogP contribution in [-0.2, 0) is 14.3 Å². The lowest BCUT2D eigenvalue weighted by Crippen LogP contribution is -2.48. The first kappa shape index (κ1) is 16.8. The summed E-state index contributed by atoms with van der Waals surface area (Å²) in [5.74, 6) is 1.30. The molecule has 116 valence electrons.